The summed E-state index contributed by atoms with van der Waals surface area (Å²) in [5, 5.41) is 5.21. The quantitative estimate of drug-likeness (QED) is 0.579. The molecule has 0 aliphatic carbocycles. The molecule has 27 heavy (non-hydrogen) atoms. The van der Waals surface area contributed by atoms with Gasteiger partial charge in [0.1, 0.15) is 5.75 Å². The van der Waals surface area contributed by atoms with Crippen LogP contribution in [0.5, 0.6) is 5.75 Å². The Morgan fingerprint density at radius 1 is 1.00 bits per heavy atom. The Balaban J connectivity index is 1.85. The first kappa shape index (κ1) is 19.7. The van der Waals surface area contributed by atoms with Crippen LogP contribution in [0.4, 0.5) is 11.4 Å². The largest absolute Gasteiger partial charge is 0.496 e. The molecule has 0 aromatic heterocycles. The number of hydrogen-bond acceptors (Lipinski definition) is 5. The maximum atomic E-state index is 11.9. The molecule has 140 valence electrons. The Hall–Kier alpha value is -3.61. The fourth-order valence-corrected chi connectivity index (χ4v) is 2.22. The molecule has 0 saturated carbocycles. The summed E-state index contributed by atoms with van der Waals surface area (Å²) in [5.74, 6) is -0.732. The fraction of sp³-hybridized carbons (Fsp3) is 0.150. The molecule has 0 saturated heterocycles. The average Bonchev–Trinajstić information content (AvgIpc) is 2.64. The third-order valence-electron chi connectivity index (χ3n) is 3.35. The molecule has 2 N–H and O–H groups in total. The van der Waals surface area contributed by atoms with E-state index in [9.17, 15) is 14.4 Å². The summed E-state index contributed by atoms with van der Waals surface area (Å²) in [4.78, 5) is 34.7. The van der Waals surface area contributed by atoms with Gasteiger partial charge < -0.3 is 20.1 Å². The van der Waals surface area contributed by atoms with Gasteiger partial charge in [0.15, 0.2) is 6.61 Å². The highest BCUT2D eigenvalue weighted by Crippen LogP contribution is 2.18. The number of amides is 2. The summed E-state index contributed by atoms with van der Waals surface area (Å²) < 4.78 is 10.1. The summed E-state index contributed by atoms with van der Waals surface area (Å²) in [6.07, 6.45) is 2.78. The van der Waals surface area contributed by atoms with Crippen LogP contribution in [0.25, 0.3) is 6.08 Å². The van der Waals surface area contributed by atoms with Crippen LogP contribution in [0.15, 0.2) is 54.6 Å². The molecule has 0 radical (unpaired) electrons. The first-order chi connectivity index (χ1) is 13.0. The van der Waals surface area contributed by atoms with Gasteiger partial charge in [-0.25, -0.2) is 4.79 Å². The second-order valence-electron chi connectivity index (χ2n) is 5.49. The summed E-state index contributed by atoms with van der Waals surface area (Å²) >= 11 is 0. The molecule has 0 heterocycles. The highest BCUT2D eigenvalue weighted by atomic mass is 16.5. The van der Waals surface area contributed by atoms with Crippen LogP contribution in [-0.2, 0) is 19.1 Å². The maximum Gasteiger partial charge on any atom is 0.331 e. The molecule has 0 aliphatic heterocycles. The Kier molecular flexibility index (Phi) is 7.13. The van der Waals surface area contributed by atoms with E-state index in [4.69, 9.17) is 9.47 Å². The van der Waals surface area contributed by atoms with Gasteiger partial charge in [0.2, 0.25) is 5.91 Å². The first-order valence-corrected chi connectivity index (χ1v) is 8.13. The lowest BCUT2D eigenvalue weighted by Crippen LogP contribution is -2.20. The molecule has 7 heteroatoms. The van der Waals surface area contributed by atoms with Crippen molar-refractivity contribution in [2.75, 3.05) is 24.4 Å². The van der Waals surface area contributed by atoms with Crippen molar-refractivity contribution in [1.82, 2.24) is 0 Å². The molecular weight excluding hydrogens is 348 g/mol. The van der Waals surface area contributed by atoms with Gasteiger partial charge in [-0.15, -0.1) is 0 Å². The van der Waals surface area contributed by atoms with Crippen molar-refractivity contribution >= 4 is 35.2 Å². The Morgan fingerprint density at radius 3 is 2.41 bits per heavy atom. The molecule has 0 bridgehead atoms. The topological polar surface area (TPSA) is 93.7 Å². The fourth-order valence-electron chi connectivity index (χ4n) is 2.22. The lowest BCUT2D eigenvalue weighted by atomic mass is 10.2. The smallest absolute Gasteiger partial charge is 0.331 e. The summed E-state index contributed by atoms with van der Waals surface area (Å²) in [7, 11) is 1.54. The summed E-state index contributed by atoms with van der Waals surface area (Å²) in [6, 6.07) is 13.8. The number of esters is 1. The number of rotatable bonds is 7. The lowest BCUT2D eigenvalue weighted by molar-refractivity contribution is -0.142. The standard InChI is InChI=1S/C20H20N2O5/c1-14(23)21-16-7-5-8-17(12-16)22-19(24)13-27-20(25)11-10-15-6-3-4-9-18(15)26-2/h3-12H,13H2,1-2H3,(H,21,23)(H,22,24)/b11-10+. The maximum absolute atomic E-state index is 11.9. The van der Waals surface area contributed by atoms with Crippen molar-refractivity contribution in [2.45, 2.75) is 6.92 Å². The Bertz CT molecular complexity index is 861. The average molecular weight is 368 g/mol. The van der Waals surface area contributed by atoms with Crippen LogP contribution in [0.2, 0.25) is 0 Å². The van der Waals surface area contributed by atoms with Crippen molar-refractivity contribution in [3.63, 3.8) is 0 Å². The zero-order valence-electron chi connectivity index (χ0n) is 15.0. The summed E-state index contributed by atoms with van der Waals surface area (Å²) in [5.41, 5.74) is 1.75. The minimum absolute atomic E-state index is 0.214. The van der Waals surface area contributed by atoms with Gasteiger partial charge in [-0.3, -0.25) is 9.59 Å². The molecule has 0 fully saturated rings. The molecular formula is C20H20N2O5. The van der Waals surface area contributed by atoms with E-state index in [0.29, 0.717) is 17.1 Å². The van der Waals surface area contributed by atoms with E-state index in [1.165, 1.54) is 20.1 Å². The minimum atomic E-state index is -0.650. The third kappa shape index (κ3) is 6.66. The molecule has 0 unspecified atom stereocenters. The molecule has 2 rings (SSSR count). The third-order valence-corrected chi connectivity index (χ3v) is 3.35. The molecule has 2 amide bonds. The summed E-state index contributed by atoms with van der Waals surface area (Å²) in [6.45, 7) is 0.961. The number of methoxy groups -OCH3 is 1. The van der Waals surface area contributed by atoms with Crippen LogP contribution in [0.1, 0.15) is 12.5 Å². The number of ether oxygens (including phenoxy) is 2. The second kappa shape index (κ2) is 9.76. The number of benzene rings is 2. The zero-order chi connectivity index (χ0) is 19.6. The van der Waals surface area contributed by atoms with E-state index in [1.807, 2.05) is 12.1 Å². The monoisotopic (exact) mass is 368 g/mol. The van der Waals surface area contributed by atoms with E-state index in [-0.39, 0.29) is 5.91 Å². The molecule has 0 aliphatic rings. The van der Waals surface area contributed by atoms with Crippen LogP contribution in [-0.4, -0.2) is 31.5 Å². The van der Waals surface area contributed by atoms with Crippen LogP contribution >= 0.6 is 0 Å². The normalized spacial score (nSPS) is 10.3. The predicted molar refractivity (Wildman–Crippen MR) is 102 cm³/mol. The molecule has 2 aromatic carbocycles. The van der Waals surface area contributed by atoms with Crippen molar-refractivity contribution in [3.05, 3.63) is 60.2 Å². The zero-order valence-corrected chi connectivity index (χ0v) is 15.0. The first-order valence-electron chi connectivity index (χ1n) is 8.13. The van der Waals surface area contributed by atoms with Crippen molar-refractivity contribution in [2.24, 2.45) is 0 Å². The lowest BCUT2D eigenvalue weighted by Gasteiger charge is -2.08. The van der Waals surface area contributed by atoms with Gasteiger partial charge in [0.05, 0.1) is 7.11 Å². The van der Waals surface area contributed by atoms with E-state index in [0.717, 1.165) is 5.56 Å². The number of hydrogen-bond donors (Lipinski definition) is 2. The number of anilines is 2. The molecule has 2 aromatic rings. The van der Waals surface area contributed by atoms with Gasteiger partial charge in [-0.05, 0) is 30.3 Å². The second-order valence-corrected chi connectivity index (χ2v) is 5.49. The Labute approximate surface area is 157 Å². The minimum Gasteiger partial charge on any atom is -0.496 e. The van der Waals surface area contributed by atoms with E-state index < -0.39 is 18.5 Å². The van der Waals surface area contributed by atoms with Crippen LogP contribution < -0.4 is 15.4 Å². The van der Waals surface area contributed by atoms with Crippen LogP contribution in [0.3, 0.4) is 0 Å². The number of carbonyl (C=O) groups excluding carboxylic acids is 3. The van der Waals surface area contributed by atoms with Gasteiger partial charge >= 0.3 is 5.97 Å². The van der Waals surface area contributed by atoms with Crippen LogP contribution in [0, 0.1) is 0 Å². The van der Waals surface area contributed by atoms with E-state index in [2.05, 4.69) is 10.6 Å². The van der Waals surface area contributed by atoms with Gasteiger partial charge in [-0.1, -0.05) is 24.3 Å². The van der Waals surface area contributed by atoms with Crippen molar-refractivity contribution < 1.29 is 23.9 Å². The van der Waals surface area contributed by atoms with E-state index in [1.54, 1.807) is 42.5 Å². The van der Waals surface area contributed by atoms with Gasteiger partial charge in [0.25, 0.3) is 5.91 Å². The highest BCUT2D eigenvalue weighted by molar-refractivity contribution is 5.96. The number of nitrogens with one attached hydrogen (secondary N) is 2. The molecule has 0 atom stereocenters. The SMILES string of the molecule is COc1ccccc1/C=C/C(=O)OCC(=O)Nc1cccc(NC(C)=O)c1. The number of carbonyl (C=O) groups is 3. The Morgan fingerprint density at radius 2 is 1.70 bits per heavy atom. The van der Waals surface area contributed by atoms with Gasteiger partial charge in [-0.2, -0.15) is 0 Å². The van der Waals surface area contributed by atoms with Crippen molar-refractivity contribution in [1.29, 1.82) is 0 Å². The highest BCUT2D eigenvalue weighted by Gasteiger charge is 2.07. The predicted octanol–water partition coefficient (Wildman–Crippen LogP) is 2.85. The van der Waals surface area contributed by atoms with Gasteiger partial charge in [0, 0.05) is 29.9 Å². The van der Waals surface area contributed by atoms with Crippen molar-refractivity contribution in [3.8, 4) is 5.75 Å². The van der Waals surface area contributed by atoms with E-state index >= 15 is 0 Å². The number of para-hydroxylation sites is 1. The molecule has 7 nitrogen and oxygen atoms in total. The molecule has 0 spiro atoms.